The molecule has 2 aromatic rings. The smallest absolute Gasteiger partial charge is 0.254 e. The summed E-state index contributed by atoms with van der Waals surface area (Å²) in [4.78, 5) is 12.4. The number of aryl methyl sites for hydroxylation is 2. The Labute approximate surface area is 157 Å². The van der Waals surface area contributed by atoms with Gasteiger partial charge in [-0.2, -0.15) is 4.31 Å². The summed E-state index contributed by atoms with van der Waals surface area (Å²) < 4.78 is 47.5. The zero-order chi connectivity index (χ0) is 19.3. The van der Waals surface area contributed by atoms with Crippen LogP contribution in [0.2, 0.25) is 0 Å². The molecule has 2 fully saturated rings. The van der Waals surface area contributed by atoms with Crippen LogP contribution in [0.1, 0.15) is 30.1 Å². The maximum absolute atomic E-state index is 13.2. The van der Waals surface area contributed by atoms with Crippen molar-refractivity contribution in [2.75, 3.05) is 13.1 Å². The van der Waals surface area contributed by atoms with Gasteiger partial charge in [-0.3, -0.25) is 4.79 Å². The average molecular weight is 392 g/mol. The number of aromatic nitrogens is 1. The standard InChI is InChI=1S/C19H21FN2O4S/c1-12-7-14(20)3-6-18(12)27(24,25)21-10-17(11-21)26-16-8-13(2)22(15-4-5-15)19(23)9-16/h3,6-9,15,17H,4-5,10-11H2,1-2H3. The van der Waals surface area contributed by atoms with Gasteiger partial charge in [-0.25, -0.2) is 12.8 Å². The third kappa shape index (κ3) is 3.39. The van der Waals surface area contributed by atoms with Crippen LogP contribution in [0.4, 0.5) is 4.39 Å². The van der Waals surface area contributed by atoms with Crippen LogP contribution in [0.5, 0.6) is 5.75 Å². The van der Waals surface area contributed by atoms with Gasteiger partial charge in [0.05, 0.1) is 18.0 Å². The SMILES string of the molecule is Cc1cc(F)ccc1S(=O)(=O)N1CC(Oc2cc(C)n(C3CC3)c(=O)c2)C1. The fraction of sp³-hybridized carbons (Fsp3) is 0.421. The molecule has 0 N–H and O–H groups in total. The molecular weight excluding hydrogens is 371 g/mol. The average Bonchev–Trinajstić information content (AvgIpc) is 3.34. The Balaban J connectivity index is 1.44. The number of benzene rings is 1. The Kier molecular flexibility index (Phi) is 4.35. The highest BCUT2D eigenvalue weighted by atomic mass is 32.2. The van der Waals surface area contributed by atoms with Gasteiger partial charge in [0, 0.05) is 17.8 Å². The van der Waals surface area contributed by atoms with Crippen molar-refractivity contribution in [1.29, 1.82) is 0 Å². The van der Waals surface area contributed by atoms with Crippen molar-refractivity contribution in [3.05, 3.63) is 57.8 Å². The first-order valence-corrected chi connectivity index (χ1v) is 10.4. The van der Waals surface area contributed by atoms with E-state index >= 15 is 0 Å². The second kappa shape index (κ2) is 6.45. The number of ether oxygens (including phenoxy) is 1. The van der Waals surface area contributed by atoms with Crippen LogP contribution in [0.3, 0.4) is 0 Å². The minimum absolute atomic E-state index is 0.0850. The Morgan fingerprint density at radius 1 is 1.11 bits per heavy atom. The van der Waals surface area contributed by atoms with Crippen LogP contribution in [0, 0.1) is 19.7 Å². The van der Waals surface area contributed by atoms with Crippen molar-refractivity contribution in [3.8, 4) is 5.75 Å². The molecular formula is C19H21FN2O4S. The Bertz CT molecular complexity index is 1050. The predicted molar refractivity (Wildman–Crippen MR) is 98.0 cm³/mol. The minimum Gasteiger partial charge on any atom is -0.487 e. The molecule has 0 spiro atoms. The van der Waals surface area contributed by atoms with E-state index in [1.807, 2.05) is 13.0 Å². The Hall–Kier alpha value is -2.19. The van der Waals surface area contributed by atoms with Crippen LogP contribution < -0.4 is 10.3 Å². The van der Waals surface area contributed by atoms with Crippen molar-refractivity contribution >= 4 is 10.0 Å². The van der Waals surface area contributed by atoms with Crippen molar-refractivity contribution in [3.63, 3.8) is 0 Å². The number of rotatable bonds is 5. The van der Waals surface area contributed by atoms with Gasteiger partial charge in [0.15, 0.2) is 0 Å². The first-order valence-electron chi connectivity index (χ1n) is 8.92. The summed E-state index contributed by atoms with van der Waals surface area (Å²) in [7, 11) is -3.68. The molecule has 8 heteroatoms. The largest absolute Gasteiger partial charge is 0.487 e. The zero-order valence-electron chi connectivity index (χ0n) is 15.2. The molecule has 2 heterocycles. The fourth-order valence-corrected chi connectivity index (χ4v) is 5.17. The summed E-state index contributed by atoms with van der Waals surface area (Å²) >= 11 is 0. The van der Waals surface area contributed by atoms with Crippen molar-refractivity contribution < 1.29 is 17.5 Å². The summed E-state index contributed by atoms with van der Waals surface area (Å²) in [5.74, 6) is 0.00183. The summed E-state index contributed by atoms with van der Waals surface area (Å²) in [6.07, 6.45) is 1.74. The molecule has 0 atom stereocenters. The van der Waals surface area contributed by atoms with E-state index in [4.69, 9.17) is 4.74 Å². The van der Waals surface area contributed by atoms with E-state index in [1.54, 1.807) is 11.5 Å². The molecule has 6 nitrogen and oxygen atoms in total. The monoisotopic (exact) mass is 392 g/mol. The third-order valence-electron chi connectivity index (χ3n) is 5.02. The van der Waals surface area contributed by atoms with Gasteiger partial charge < -0.3 is 9.30 Å². The summed E-state index contributed by atoms with van der Waals surface area (Å²) in [5, 5.41) is 0. The lowest BCUT2D eigenvalue weighted by atomic mass is 10.2. The van der Waals surface area contributed by atoms with E-state index in [-0.39, 0.29) is 29.6 Å². The highest BCUT2D eigenvalue weighted by Crippen LogP contribution is 2.35. The lowest BCUT2D eigenvalue weighted by Gasteiger charge is -2.38. The van der Waals surface area contributed by atoms with Gasteiger partial charge in [-0.15, -0.1) is 0 Å². The van der Waals surface area contributed by atoms with E-state index in [9.17, 15) is 17.6 Å². The lowest BCUT2D eigenvalue weighted by Crippen LogP contribution is -2.56. The first kappa shape index (κ1) is 18.2. The fourth-order valence-electron chi connectivity index (χ4n) is 3.46. The molecule has 1 aromatic carbocycles. The molecule has 144 valence electrons. The molecule has 0 bridgehead atoms. The topological polar surface area (TPSA) is 68.6 Å². The molecule has 27 heavy (non-hydrogen) atoms. The van der Waals surface area contributed by atoms with Crippen LogP contribution in [-0.2, 0) is 10.0 Å². The lowest BCUT2D eigenvalue weighted by molar-refractivity contribution is 0.0758. The van der Waals surface area contributed by atoms with Gasteiger partial charge in [0.25, 0.3) is 5.56 Å². The van der Waals surface area contributed by atoms with Gasteiger partial charge >= 0.3 is 0 Å². The molecule has 1 saturated carbocycles. The number of hydrogen-bond acceptors (Lipinski definition) is 4. The minimum atomic E-state index is -3.68. The van der Waals surface area contributed by atoms with Gasteiger partial charge in [0.2, 0.25) is 10.0 Å². The van der Waals surface area contributed by atoms with E-state index in [1.165, 1.54) is 22.5 Å². The van der Waals surface area contributed by atoms with E-state index in [0.29, 0.717) is 17.4 Å². The zero-order valence-corrected chi connectivity index (χ0v) is 16.0. The van der Waals surface area contributed by atoms with E-state index in [0.717, 1.165) is 24.6 Å². The molecule has 1 saturated heterocycles. The maximum atomic E-state index is 13.2. The quantitative estimate of drug-likeness (QED) is 0.784. The van der Waals surface area contributed by atoms with Gasteiger partial charge in [-0.1, -0.05) is 0 Å². The normalized spacial score (nSPS) is 18.3. The molecule has 1 aliphatic heterocycles. The second-order valence-corrected chi connectivity index (χ2v) is 9.15. The van der Waals surface area contributed by atoms with Crippen molar-refractivity contribution in [2.24, 2.45) is 0 Å². The van der Waals surface area contributed by atoms with E-state index < -0.39 is 15.8 Å². The van der Waals surface area contributed by atoms with Crippen LogP contribution >= 0.6 is 0 Å². The molecule has 4 rings (SSSR count). The van der Waals surface area contributed by atoms with Crippen LogP contribution in [0.15, 0.2) is 40.0 Å². The maximum Gasteiger partial charge on any atom is 0.254 e. The molecule has 0 unspecified atom stereocenters. The molecule has 1 aliphatic carbocycles. The Morgan fingerprint density at radius 2 is 1.81 bits per heavy atom. The highest BCUT2D eigenvalue weighted by Gasteiger charge is 2.39. The molecule has 2 aliphatic rings. The van der Waals surface area contributed by atoms with Gasteiger partial charge in [0.1, 0.15) is 17.7 Å². The summed E-state index contributed by atoms with van der Waals surface area (Å²) in [6.45, 7) is 3.84. The second-order valence-electron chi connectivity index (χ2n) is 7.24. The summed E-state index contributed by atoms with van der Waals surface area (Å²) in [5.41, 5.74) is 1.14. The van der Waals surface area contributed by atoms with Crippen LogP contribution in [-0.4, -0.2) is 36.5 Å². The molecule has 0 amide bonds. The van der Waals surface area contributed by atoms with Crippen molar-refractivity contribution in [2.45, 2.75) is 43.7 Å². The Morgan fingerprint density at radius 3 is 2.41 bits per heavy atom. The number of halogens is 1. The van der Waals surface area contributed by atoms with Crippen LogP contribution in [0.25, 0.3) is 0 Å². The van der Waals surface area contributed by atoms with Crippen molar-refractivity contribution in [1.82, 2.24) is 8.87 Å². The summed E-state index contributed by atoms with van der Waals surface area (Å²) in [6, 6.07) is 7.22. The molecule has 0 radical (unpaired) electrons. The predicted octanol–water partition coefficient (Wildman–Crippen LogP) is 2.39. The first-order chi connectivity index (χ1) is 12.8. The number of hydrogen-bond donors (Lipinski definition) is 0. The molecule has 1 aromatic heterocycles. The number of nitrogens with zero attached hydrogens (tertiary/aromatic N) is 2. The number of pyridine rings is 1. The van der Waals surface area contributed by atoms with E-state index in [2.05, 4.69) is 0 Å². The highest BCUT2D eigenvalue weighted by molar-refractivity contribution is 7.89. The third-order valence-corrected chi connectivity index (χ3v) is 7.01. The number of sulfonamides is 1. The van der Waals surface area contributed by atoms with Gasteiger partial charge in [-0.05, 0) is 56.5 Å².